The lowest BCUT2D eigenvalue weighted by atomic mass is 9.98. The van der Waals surface area contributed by atoms with E-state index >= 15 is 0 Å². The van der Waals surface area contributed by atoms with Crippen molar-refractivity contribution in [1.29, 1.82) is 0 Å². The molecule has 3 rings (SSSR count). The average Bonchev–Trinajstić information content (AvgIpc) is 2.81. The molecule has 0 unspecified atom stereocenters. The maximum absolute atomic E-state index is 11.7. The molecule has 0 saturated heterocycles. The molecule has 0 spiro atoms. The minimum atomic E-state index is -0.383. The van der Waals surface area contributed by atoms with Gasteiger partial charge in [-0.25, -0.2) is 4.79 Å². The zero-order valence-corrected chi connectivity index (χ0v) is 16.8. The lowest BCUT2D eigenvalue weighted by Gasteiger charge is -2.10. The van der Waals surface area contributed by atoms with Crippen LogP contribution in [0.15, 0.2) is 88.1 Å². The first-order valence-electron chi connectivity index (χ1n) is 9.23. The van der Waals surface area contributed by atoms with E-state index < -0.39 is 0 Å². The highest BCUT2D eigenvalue weighted by atomic mass is 16.5. The maximum Gasteiger partial charge on any atom is 0.337 e. The molecule has 0 aliphatic heterocycles. The minimum Gasteiger partial charge on any atom is -0.496 e. The van der Waals surface area contributed by atoms with Gasteiger partial charge in [-0.2, -0.15) is 0 Å². The molecule has 7 heteroatoms. The van der Waals surface area contributed by atoms with Gasteiger partial charge in [-0.15, -0.1) is 5.11 Å². The van der Waals surface area contributed by atoms with E-state index in [1.165, 1.54) is 7.11 Å². The molecule has 3 aromatic rings. The van der Waals surface area contributed by atoms with Crippen LogP contribution in [0.25, 0.3) is 11.1 Å². The second-order valence-corrected chi connectivity index (χ2v) is 6.28. The Morgan fingerprint density at radius 2 is 1.63 bits per heavy atom. The summed E-state index contributed by atoms with van der Waals surface area (Å²) in [6.45, 7) is 0.355. The van der Waals surface area contributed by atoms with Crippen molar-refractivity contribution in [2.75, 3.05) is 14.2 Å². The Hall–Kier alpha value is -4.00. The van der Waals surface area contributed by atoms with E-state index in [4.69, 9.17) is 15.3 Å². The van der Waals surface area contributed by atoms with E-state index in [0.29, 0.717) is 17.9 Å². The molecule has 30 heavy (non-hydrogen) atoms. The number of aliphatic imine (C=N–C) groups is 1. The van der Waals surface area contributed by atoms with Crippen LogP contribution in [-0.4, -0.2) is 26.0 Å². The summed E-state index contributed by atoms with van der Waals surface area (Å²) in [5, 5.41) is 7.50. The van der Waals surface area contributed by atoms with Crippen molar-refractivity contribution in [3.63, 3.8) is 0 Å². The van der Waals surface area contributed by atoms with Crippen molar-refractivity contribution in [1.82, 2.24) is 0 Å². The second kappa shape index (κ2) is 9.97. The van der Waals surface area contributed by atoms with Gasteiger partial charge < -0.3 is 15.3 Å². The van der Waals surface area contributed by atoms with Crippen LogP contribution in [0.2, 0.25) is 0 Å². The van der Waals surface area contributed by atoms with E-state index in [0.717, 1.165) is 28.0 Å². The van der Waals surface area contributed by atoms with Gasteiger partial charge in [-0.05, 0) is 29.3 Å². The molecule has 152 valence electrons. The van der Waals surface area contributed by atoms with E-state index in [1.807, 2.05) is 60.7 Å². The summed E-state index contributed by atoms with van der Waals surface area (Å²) in [5.41, 5.74) is 3.96. The lowest BCUT2D eigenvalue weighted by Crippen LogP contribution is -2.03. The van der Waals surface area contributed by atoms with Gasteiger partial charge in [0.15, 0.2) is 5.84 Å². The predicted molar refractivity (Wildman–Crippen MR) is 115 cm³/mol. The summed E-state index contributed by atoms with van der Waals surface area (Å²) in [6, 6.07) is 22.5. The quantitative estimate of drug-likeness (QED) is 0.165. The molecule has 3 aromatic carbocycles. The van der Waals surface area contributed by atoms with Gasteiger partial charge >= 0.3 is 5.97 Å². The average molecular weight is 402 g/mol. The summed E-state index contributed by atoms with van der Waals surface area (Å²) in [6.07, 6.45) is 0. The Morgan fingerprint density at radius 3 is 2.33 bits per heavy atom. The molecule has 0 amide bonds. The van der Waals surface area contributed by atoms with Crippen LogP contribution < -0.4 is 10.6 Å². The highest BCUT2D eigenvalue weighted by Crippen LogP contribution is 2.26. The number of rotatable bonds is 6. The Balaban J connectivity index is 1.99. The van der Waals surface area contributed by atoms with Crippen LogP contribution in [-0.2, 0) is 11.3 Å². The fourth-order valence-electron chi connectivity index (χ4n) is 3.05. The number of amidine groups is 1. The minimum absolute atomic E-state index is 0.355. The number of hydrogen-bond acceptors (Lipinski definition) is 5. The van der Waals surface area contributed by atoms with Crippen molar-refractivity contribution in [3.8, 4) is 16.9 Å². The number of esters is 1. The van der Waals surface area contributed by atoms with Crippen molar-refractivity contribution in [3.05, 3.63) is 89.5 Å². The van der Waals surface area contributed by atoms with Crippen molar-refractivity contribution in [2.24, 2.45) is 21.2 Å². The van der Waals surface area contributed by atoms with Crippen molar-refractivity contribution in [2.45, 2.75) is 6.54 Å². The highest BCUT2D eigenvalue weighted by Gasteiger charge is 2.13. The number of benzene rings is 3. The highest BCUT2D eigenvalue weighted by molar-refractivity contribution is 6.05. The van der Waals surface area contributed by atoms with Gasteiger partial charge in [0.05, 0.1) is 26.3 Å². The first kappa shape index (κ1) is 20.7. The normalized spacial score (nSPS) is 11.5. The number of para-hydroxylation sites is 1. The Morgan fingerprint density at radius 1 is 0.933 bits per heavy atom. The van der Waals surface area contributed by atoms with Gasteiger partial charge in [0.1, 0.15) is 5.75 Å². The summed E-state index contributed by atoms with van der Waals surface area (Å²) in [5.74, 6) is 6.11. The molecule has 0 bridgehead atoms. The number of nitrogens with two attached hydrogens (primary N) is 1. The number of carbonyl (C=O) groups excluding carboxylic acids is 1. The molecule has 0 saturated carbocycles. The van der Waals surface area contributed by atoms with Gasteiger partial charge in [0.25, 0.3) is 0 Å². The Kier molecular flexibility index (Phi) is 6.89. The summed E-state index contributed by atoms with van der Waals surface area (Å²) in [4.78, 5) is 16.3. The molecule has 0 aliphatic carbocycles. The smallest absolute Gasteiger partial charge is 0.337 e. The van der Waals surface area contributed by atoms with Crippen molar-refractivity contribution < 1.29 is 14.3 Å². The molecule has 0 radical (unpaired) electrons. The number of nitrogens with zero attached hydrogens (tertiary/aromatic N) is 3. The summed E-state index contributed by atoms with van der Waals surface area (Å²) < 4.78 is 10.1. The molecule has 0 aliphatic rings. The van der Waals surface area contributed by atoms with Gasteiger partial charge in [0.2, 0.25) is 0 Å². The fraction of sp³-hybridized carbons (Fsp3) is 0.130. The van der Waals surface area contributed by atoms with Crippen LogP contribution >= 0.6 is 0 Å². The fourth-order valence-corrected chi connectivity index (χ4v) is 3.05. The third-order valence-electron chi connectivity index (χ3n) is 4.53. The summed E-state index contributed by atoms with van der Waals surface area (Å²) >= 11 is 0. The van der Waals surface area contributed by atoms with E-state index in [2.05, 4.69) is 15.3 Å². The van der Waals surface area contributed by atoms with Crippen LogP contribution in [0.3, 0.4) is 0 Å². The molecular formula is C23H22N4O3. The Bertz CT molecular complexity index is 1080. The van der Waals surface area contributed by atoms with Crippen molar-refractivity contribution >= 4 is 11.8 Å². The van der Waals surface area contributed by atoms with Gasteiger partial charge in [-0.3, -0.25) is 4.99 Å². The van der Waals surface area contributed by atoms with Crippen LogP contribution in [0.5, 0.6) is 5.75 Å². The SMILES string of the molecule is COC(=O)c1ccc(-c2ccccc2C(N=NN)=NCc2ccccc2OC)cc1. The third-order valence-corrected chi connectivity index (χ3v) is 4.53. The molecular weight excluding hydrogens is 380 g/mol. The predicted octanol–water partition coefficient (Wildman–Crippen LogP) is 4.42. The molecule has 0 atom stereocenters. The monoisotopic (exact) mass is 402 g/mol. The molecule has 0 heterocycles. The maximum atomic E-state index is 11.7. The van der Waals surface area contributed by atoms with E-state index in [9.17, 15) is 4.79 Å². The van der Waals surface area contributed by atoms with Gasteiger partial charge in [0, 0.05) is 11.1 Å². The van der Waals surface area contributed by atoms with E-state index in [-0.39, 0.29) is 5.97 Å². The second-order valence-electron chi connectivity index (χ2n) is 6.28. The lowest BCUT2D eigenvalue weighted by molar-refractivity contribution is 0.0601. The first-order chi connectivity index (χ1) is 14.7. The number of hydrogen-bond donors (Lipinski definition) is 1. The largest absolute Gasteiger partial charge is 0.496 e. The topological polar surface area (TPSA) is 98.6 Å². The van der Waals surface area contributed by atoms with E-state index in [1.54, 1.807) is 19.2 Å². The van der Waals surface area contributed by atoms with Gasteiger partial charge in [-0.1, -0.05) is 59.8 Å². The molecule has 0 aromatic heterocycles. The summed E-state index contributed by atoms with van der Waals surface area (Å²) in [7, 11) is 2.98. The number of ether oxygens (including phenoxy) is 2. The number of methoxy groups -OCH3 is 2. The zero-order valence-electron chi connectivity index (χ0n) is 16.8. The van der Waals surface area contributed by atoms with Crippen LogP contribution in [0.4, 0.5) is 0 Å². The number of carbonyl (C=O) groups is 1. The molecule has 2 N–H and O–H groups in total. The molecule has 7 nitrogen and oxygen atoms in total. The Labute approximate surface area is 174 Å². The standard InChI is InChI=1S/C23H22N4O3/c1-29-21-10-6-3-7-18(21)15-25-22(26-27-24)20-9-5-4-8-19(20)16-11-13-17(14-12-16)23(28)30-2/h3-14H,15H2,1-2H3,(H2,24,25,26). The third kappa shape index (κ3) is 4.70. The van der Waals surface area contributed by atoms with Crippen LogP contribution in [0, 0.1) is 0 Å². The van der Waals surface area contributed by atoms with Crippen LogP contribution in [0.1, 0.15) is 21.5 Å². The molecule has 0 fully saturated rings. The first-order valence-corrected chi connectivity index (χ1v) is 9.23. The zero-order chi connectivity index (χ0) is 21.3.